The van der Waals surface area contributed by atoms with E-state index in [1.165, 1.54) is 24.3 Å². The molecule has 10 heteroatoms. The highest BCUT2D eigenvalue weighted by Gasteiger charge is 2.30. The smallest absolute Gasteiger partial charge is 0.264 e. The fourth-order valence-electron chi connectivity index (χ4n) is 3.75. The predicted octanol–water partition coefficient (Wildman–Crippen LogP) is 3.65. The molecule has 1 amide bonds. The maximum absolute atomic E-state index is 13.5. The number of amides is 1. The highest BCUT2D eigenvalue weighted by molar-refractivity contribution is 7.92. The van der Waals surface area contributed by atoms with E-state index in [1.807, 2.05) is 4.90 Å². The van der Waals surface area contributed by atoms with Crippen molar-refractivity contribution in [3.05, 3.63) is 90.2 Å². The molecule has 1 heterocycles. The van der Waals surface area contributed by atoms with Crippen LogP contribution < -0.4 is 9.21 Å². The fraction of sp³-hybridized carbons (Fsp3) is 0.208. The van der Waals surface area contributed by atoms with E-state index in [1.54, 1.807) is 17.0 Å². The fourth-order valence-corrected chi connectivity index (χ4v) is 5.16. The summed E-state index contributed by atoms with van der Waals surface area (Å²) in [6, 6.07) is 15.1. The summed E-state index contributed by atoms with van der Waals surface area (Å²) in [4.78, 5) is 16.5. The molecular formula is C24H22F3N3O3S. The largest absolute Gasteiger partial charge is 0.368 e. The second-order valence-corrected chi connectivity index (χ2v) is 9.65. The minimum absolute atomic E-state index is 0.115. The molecular weight excluding hydrogens is 467 g/mol. The molecule has 0 N–H and O–H groups in total. The molecule has 4 rings (SSSR count). The van der Waals surface area contributed by atoms with Gasteiger partial charge in [-0.25, -0.2) is 21.6 Å². The molecule has 0 atom stereocenters. The van der Waals surface area contributed by atoms with Crippen LogP contribution in [-0.4, -0.2) is 51.9 Å². The van der Waals surface area contributed by atoms with Crippen molar-refractivity contribution < 1.29 is 26.4 Å². The topological polar surface area (TPSA) is 60.9 Å². The van der Waals surface area contributed by atoms with Gasteiger partial charge in [0.25, 0.3) is 10.0 Å². The van der Waals surface area contributed by atoms with Gasteiger partial charge in [-0.2, -0.15) is 0 Å². The van der Waals surface area contributed by atoms with Gasteiger partial charge in [-0.3, -0.25) is 9.10 Å². The molecule has 0 radical (unpaired) electrons. The first-order valence-electron chi connectivity index (χ1n) is 10.6. The van der Waals surface area contributed by atoms with Crippen LogP contribution >= 0.6 is 0 Å². The number of sulfonamides is 1. The summed E-state index contributed by atoms with van der Waals surface area (Å²) in [6.45, 7) is 1.20. The third-order valence-electron chi connectivity index (χ3n) is 5.62. The quantitative estimate of drug-likeness (QED) is 0.531. The van der Waals surface area contributed by atoms with Gasteiger partial charge >= 0.3 is 0 Å². The van der Waals surface area contributed by atoms with Crippen molar-refractivity contribution in [2.24, 2.45) is 0 Å². The Balaban J connectivity index is 1.52. The Kier molecular flexibility index (Phi) is 6.78. The van der Waals surface area contributed by atoms with Gasteiger partial charge in [0, 0.05) is 31.9 Å². The summed E-state index contributed by atoms with van der Waals surface area (Å²) in [6.07, 6.45) is 0. The Morgan fingerprint density at radius 3 is 1.74 bits per heavy atom. The van der Waals surface area contributed by atoms with Gasteiger partial charge in [-0.15, -0.1) is 0 Å². The third-order valence-corrected chi connectivity index (χ3v) is 7.41. The van der Waals surface area contributed by atoms with Crippen LogP contribution in [0.5, 0.6) is 0 Å². The van der Waals surface area contributed by atoms with Crippen molar-refractivity contribution >= 4 is 27.3 Å². The number of anilines is 2. The number of benzene rings is 3. The lowest BCUT2D eigenvalue weighted by molar-refractivity contribution is -0.129. The Labute approximate surface area is 195 Å². The summed E-state index contributed by atoms with van der Waals surface area (Å²) in [5.74, 6) is -1.90. The van der Waals surface area contributed by atoms with Crippen LogP contribution in [0.25, 0.3) is 0 Å². The predicted molar refractivity (Wildman–Crippen MR) is 123 cm³/mol. The van der Waals surface area contributed by atoms with E-state index in [4.69, 9.17) is 0 Å². The number of hydrogen-bond acceptors (Lipinski definition) is 4. The van der Waals surface area contributed by atoms with Crippen LogP contribution in [-0.2, 0) is 14.8 Å². The molecule has 3 aromatic carbocycles. The average Bonchev–Trinajstić information content (AvgIpc) is 2.84. The minimum Gasteiger partial charge on any atom is -0.368 e. The molecule has 1 fully saturated rings. The van der Waals surface area contributed by atoms with E-state index in [2.05, 4.69) is 0 Å². The van der Waals surface area contributed by atoms with E-state index in [-0.39, 0.29) is 16.4 Å². The molecule has 1 aliphatic rings. The van der Waals surface area contributed by atoms with Crippen LogP contribution in [0.4, 0.5) is 24.5 Å². The van der Waals surface area contributed by atoms with E-state index < -0.39 is 34.1 Å². The molecule has 0 unspecified atom stereocenters. The Bertz CT molecular complexity index is 1240. The van der Waals surface area contributed by atoms with Gasteiger partial charge in [-0.1, -0.05) is 0 Å². The summed E-state index contributed by atoms with van der Waals surface area (Å²) >= 11 is 0. The van der Waals surface area contributed by atoms with Gasteiger partial charge in [0.05, 0.1) is 10.6 Å². The zero-order valence-electron chi connectivity index (χ0n) is 18.1. The normalized spacial score (nSPS) is 14.2. The second-order valence-electron chi connectivity index (χ2n) is 7.79. The van der Waals surface area contributed by atoms with Crippen molar-refractivity contribution in [3.63, 3.8) is 0 Å². The van der Waals surface area contributed by atoms with Crippen LogP contribution in [0.2, 0.25) is 0 Å². The number of piperazine rings is 1. The summed E-state index contributed by atoms with van der Waals surface area (Å²) in [5, 5.41) is 0. The zero-order valence-corrected chi connectivity index (χ0v) is 18.9. The Hall–Kier alpha value is -3.53. The summed E-state index contributed by atoms with van der Waals surface area (Å²) < 4.78 is 67.5. The number of carbonyl (C=O) groups is 1. The van der Waals surface area contributed by atoms with Crippen LogP contribution in [0.3, 0.4) is 0 Å². The Morgan fingerprint density at radius 2 is 1.21 bits per heavy atom. The highest BCUT2D eigenvalue weighted by Crippen LogP contribution is 2.25. The SMILES string of the molecule is O=C(CN(c1ccc(F)cc1)S(=O)(=O)c1ccc(F)cc1)N1CCN(c2ccc(F)cc2)CC1. The first-order valence-corrected chi connectivity index (χ1v) is 12.0. The van der Waals surface area contributed by atoms with Crippen LogP contribution in [0, 0.1) is 17.5 Å². The molecule has 0 aromatic heterocycles. The number of rotatable bonds is 6. The summed E-state index contributed by atoms with van der Waals surface area (Å²) in [5.41, 5.74) is 0.948. The lowest BCUT2D eigenvalue weighted by Crippen LogP contribution is -2.52. The molecule has 0 aliphatic carbocycles. The van der Waals surface area contributed by atoms with Crippen molar-refractivity contribution in [2.75, 3.05) is 41.9 Å². The molecule has 1 saturated heterocycles. The summed E-state index contributed by atoms with van der Waals surface area (Å²) in [7, 11) is -4.22. The molecule has 0 saturated carbocycles. The molecule has 6 nitrogen and oxygen atoms in total. The highest BCUT2D eigenvalue weighted by atomic mass is 32.2. The first-order chi connectivity index (χ1) is 16.2. The lowest BCUT2D eigenvalue weighted by atomic mass is 10.2. The van der Waals surface area contributed by atoms with Crippen molar-refractivity contribution in [2.45, 2.75) is 4.90 Å². The maximum Gasteiger partial charge on any atom is 0.264 e. The van der Waals surface area contributed by atoms with Gasteiger partial charge < -0.3 is 9.80 Å². The third kappa shape index (κ3) is 5.17. The number of carbonyl (C=O) groups excluding carboxylic acids is 1. The van der Waals surface area contributed by atoms with Gasteiger partial charge in [0.2, 0.25) is 5.91 Å². The van der Waals surface area contributed by atoms with E-state index in [9.17, 15) is 26.4 Å². The standard InChI is InChI=1S/C24H22F3N3O3S/c25-18-1-7-21(8-2-18)28-13-15-29(16-14-28)24(31)17-30(22-9-3-19(26)4-10-22)34(32,33)23-11-5-20(27)6-12-23/h1-12H,13-17H2. The second kappa shape index (κ2) is 9.76. The monoisotopic (exact) mass is 489 g/mol. The van der Waals surface area contributed by atoms with Gasteiger partial charge in [0.1, 0.15) is 24.0 Å². The van der Waals surface area contributed by atoms with Crippen molar-refractivity contribution in [1.82, 2.24) is 4.90 Å². The van der Waals surface area contributed by atoms with E-state index in [0.717, 1.165) is 46.4 Å². The van der Waals surface area contributed by atoms with Crippen molar-refractivity contribution in [1.29, 1.82) is 0 Å². The number of halogens is 3. The molecule has 0 spiro atoms. The average molecular weight is 490 g/mol. The molecule has 178 valence electrons. The van der Waals surface area contributed by atoms with E-state index >= 15 is 0 Å². The zero-order chi connectivity index (χ0) is 24.3. The number of hydrogen-bond donors (Lipinski definition) is 0. The van der Waals surface area contributed by atoms with Crippen LogP contribution in [0.1, 0.15) is 0 Å². The Morgan fingerprint density at radius 1 is 0.735 bits per heavy atom. The molecule has 34 heavy (non-hydrogen) atoms. The maximum atomic E-state index is 13.5. The van der Waals surface area contributed by atoms with Crippen LogP contribution in [0.15, 0.2) is 77.7 Å². The molecule has 0 bridgehead atoms. The number of nitrogens with zero attached hydrogens (tertiary/aromatic N) is 3. The van der Waals surface area contributed by atoms with Crippen molar-refractivity contribution in [3.8, 4) is 0 Å². The van der Waals surface area contributed by atoms with Gasteiger partial charge in [-0.05, 0) is 72.8 Å². The first kappa shape index (κ1) is 23.6. The molecule has 1 aliphatic heterocycles. The van der Waals surface area contributed by atoms with E-state index in [0.29, 0.717) is 26.2 Å². The lowest BCUT2D eigenvalue weighted by Gasteiger charge is -2.37. The minimum atomic E-state index is -4.22. The molecule has 3 aromatic rings. The van der Waals surface area contributed by atoms with Gasteiger partial charge in [0.15, 0.2) is 0 Å².